The summed E-state index contributed by atoms with van der Waals surface area (Å²) in [7, 11) is -3.72. The maximum absolute atomic E-state index is 13.7. The molecule has 0 saturated carbocycles. The second kappa shape index (κ2) is 9.27. The number of fused-ring (bicyclic) bond motifs is 1. The predicted molar refractivity (Wildman–Crippen MR) is 127 cm³/mol. The van der Waals surface area contributed by atoms with Crippen molar-refractivity contribution in [1.82, 2.24) is 4.31 Å². The van der Waals surface area contributed by atoms with Crippen LogP contribution in [-0.4, -0.2) is 31.2 Å². The molecule has 1 atom stereocenters. The van der Waals surface area contributed by atoms with Gasteiger partial charge in [-0.05, 0) is 54.7 Å². The summed E-state index contributed by atoms with van der Waals surface area (Å²) >= 11 is 0. The lowest BCUT2D eigenvalue weighted by Crippen LogP contribution is -2.33. The summed E-state index contributed by atoms with van der Waals surface area (Å²) in [5.74, 6) is -0.0274. The lowest BCUT2D eigenvalue weighted by molar-refractivity contribution is -0.116. The summed E-state index contributed by atoms with van der Waals surface area (Å²) in [5.41, 5.74) is 3.75. The lowest BCUT2D eigenvalue weighted by Gasteiger charge is -2.23. The van der Waals surface area contributed by atoms with E-state index in [9.17, 15) is 13.2 Å². The number of hydrogen-bond donors (Lipinski definition) is 0. The van der Waals surface area contributed by atoms with Crippen molar-refractivity contribution in [1.29, 1.82) is 0 Å². The van der Waals surface area contributed by atoms with E-state index in [-0.39, 0.29) is 16.8 Å². The van der Waals surface area contributed by atoms with E-state index in [1.807, 2.05) is 67.6 Å². The Labute approximate surface area is 190 Å². The first-order chi connectivity index (χ1) is 15.4. The van der Waals surface area contributed by atoms with Crippen molar-refractivity contribution in [2.45, 2.75) is 44.2 Å². The molecule has 1 heterocycles. The molecule has 0 radical (unpaired) electrons. The topological polar surface area (TPSA) is 57.7 Å². The normalized spacial score (nSPS) is 15.7. The minimum absolute atomic E-state index is 0.0268. The number of amides is 1. The van der Waals surface area contributed by atoms with Crippen LogP contribution in [0.4, 0.5) is 5.69 Å². The molecule has 5 nitrogen and oxygen atoms in total. The highest BCUT2D eigenvalue weighted by molar-refractivity contribution is 7.89. The van der Waals surface area contributed by atoms with Gasteiger partial charge < -0.3 is 4.90 Å². The first-order valence-electron chi connectivity index (χ1n) is 10.9. The summed E-state index contributed by atoms with van der Waals surface area (Å²) in [4.78, 5) is 14.0. The number of nitrogens with zero attached hydrogens (tertiary/aromatic N) is 2. The minimum atomic E-state index is -3.72. The number of hydrogen-bond acceptors (Lipinski definition) is 3. The van der Waals surface area contributed by atoms with Crippen molar-refractivity contribution in [3.63, 3.8) is 0 Å². The zero-order valence-electron chi connectivity index (χ0n) is 18.4. The molecule has 166 valence electrons. The summed E-state index contributed by atoms with van der Waals surface area (Å²) < 4.78 is 29.0. The average Bonchev–Trinajstić information content (AvgIpc) is 3.13. The zero-order chi connectivity index (χ0) is 22.7. The molecule has 0 fully saturated rings. The molecule has 32 heavy (non-hydrogen) atoms. The van der Waals surface area contributed by atoms with E-state index in [2.05, 4.69) is 0 Å². The summed E-state index contributed by atoms with van der Waals surface area (Å²) in [5, 5.41) is 0. The van der Waals surface area contributed by atoms with Crippen LogP contribution in [0.25, 0.3) is 0 Å². The Balaban J connectivity index is 1.65. The molecular formula is C26H28N2O3S. The Hall–Kier alpha value is -2.96. The molecule has 4 rings (SSSR count). The van der Waals surface area contributed by atoms with Crippen LogP contribution < -0.4 is 4.90 Å². The average molecular weight is 449 g/mol. The van der Waals surface area contributed by atoms with Gasteiger partial charge in [0, 0.05) is 31.7 Å². The van der Waals surface area contributed by atoms with Crippen LogP contribution in [0.5, 0.6) is 0 Å². The van der Waals surface area contributed by atoms with E-state index in [0.29, 0.717) is 25.9 Å². The molecule has 0 spiro atoms. The third kappa shape index (κ3) is 4.61. The summed E-state index contributed by atoms with van der Waals surface area (Å²) in [6.45, 7) is 4.22. The molecule has 0 N–H and O–H groups in total. The Morgan fingerprint density at radius 3 is 2.22 bits per heavy atom. The smallest absolute Gasteiger partial charge is 0.243 e. The number of benzene rings is 3. The number of anilines is 1. The van der Waals surface area contributed by atoms with Crippen molar-refractivity contribution in [3.05, 3.63) is 95.6 Å². The second-order valence-electron chi connectivity index (χ2n) is 8.29. The van der Waals surface area contributed by atoms with Gasteiger partial charge in [0.2, 0.25) is 15.9 Å². The molecule has 0 bridgehead atoms. The van der Waals surface area contributed by atoms with Gasteiger partial charge >= 0.3 is 0 Å². The number of sulfonamides is 1. The first kappa shape index (κ1) is 22.2. The molecule has 0 aromatic heterocycles. The standard InChI is InChI=1S/C26H28N2O3S/c1-20-17-24-18-25(13-14-26(24)28(20)21(2)29)32(30,31)27(19-23-11-7-4-8-12-23)16-15-22-9-5-3-6-10-22/h3-14,18,20H,15-17,19H2,1-2H3. The van der Waals surface area contributed by atoms with Crippen LogP contribution in [0.3, 0.4) is 0 Å². The monoisotopic (exact) mass is 448 g/mol. The molecule has 1 unspecified atom stereocenters. The van der Waals surface area contributed by atoms with E-state index in [1.54, 1.807) is 34.3 Å². The third-order valence-electron chi connectivity index (χ3n) is 5.94. The molecule has 0 aliphatic carbocycles. The van der Waals surface area contributed by atoms with Crippen LogP contribution in [0, 0.1) is 0 Å². The van der Waals surface area contributed by atoms with Crippen molar-refractivity contribution in [2.75, 3.05) is 11.4 Å². The Bertz CT molecular complexity index is 1190. The zero-order valence-corrected chi connectivity index (χ0v) is 19.3. The van der Waals surface area contributed by atoms with Crippen molar-refractivity contribution < 1.29 is 13.2 Å². The van der Waals surface area contributed by atoms with E-state index in [4.69, 9.17) is 0 Å². The number of carbonyl (C=O) groups excluding carboxylic acids is 1. The Morgan fingerprint density at radius 2 is 1.59 bits per heavy atom. The van der Waals surface area contributed by atoms with Gasteiger partial charge in [-0.15, -0.1) is 0 Å². The van der Waals surface area contributed by atoms with Gasteiger partial charge in [0.1, 0.15) is 0 Å². The quantitative estimate of drug-likeness (QED) is 0.538. The molecule has 1 amide bonds. The third-order valence-corrected chi connectivity index (χ3v) is 7.78. The highest BCUT2D eigenvalue weighted by atomic mass is 32.2. The van der Waals surface area contributed by atoms with Crippen molar-refractivity contribution >= 4 is 21.6 Å². The van der Waals surface area contributed by atoms with Crippen LogP contribution in [0.15, 0.2) is 83.8 Å². The molecule has 3 aromatic carbocycles. The maximum Gasteiger partial charge on any atom is 0.243 e. The SMILES string of the molecule is CC(=O)N1c2ccc(S(=O)(=O)N(CCc3ccccc3)Cc3ccccc3)cc2CC1C. The molecular weight excluding hydrogens is 420 g/mol. The van der Waals surface area contributed by atoms with Gasteiger partial charge in [0.15, 0.2) is 0 Å². The summed E-state index contributed by atoms with van der Waals surface area (Å²) in [6.07, 6.45) is 1.29. The van der Waals surface area contributed by atoms with Gasteiger partial charge in [0.05, 0.1) is 4.90 Å². The minimum Gasteiger partial charge on any atom is -0.309 e. The van der Waals surface area contributed by atoms with Crippen LogP contribution in [0.1, 0.15) is 30.5 Å². The highest BCUT2D eigenvalue weighted by Gasteiger charge is 2.32. The first-order valence-corrected chi connectivity index (χ1v) is 12.3. The van der Waals surface area contributed by atoms with Gasteiger partial charge in [-0.2, -0.15) is 4.31 Å². The second-order valence-corrected chi connectivity index (χ2v) is 10.2. The maximum atomic E-state index is 13.7. The molecule has 6 heteroatoms. The van der Waals surface area contributed by atoms with Gasteiger partial charge in [-0.3, -0.25) is 4.79 Å². The highest BCUT2D eigenvalue weighted by Crippen LogP contribution is 2.34. The number of carbonyl (C=O) groups is 1. The fourth-order valence-corrected chi connectivity index (χ4v) is 5.85. The van der Waals surface area contributed by atoms with Gasteiger partial charge in [-0.25, -0.2) is 8.42 Å². The van der Waals surface area contributed by atoms with E-state index in [1.165, 1.54) is 0 Å². The molecule has 3 aromatic rings. The van der Waals surface area contributed by atoms with Crippen molar-refractivity contribution in [2.24, 2.45) is 0 Å². The van der Waals surface area contributed by atoms with Crippen molar-refractivity contribution in [3.8, 4) is 0 Å². The van der Waals surface area contributed by atoms with Gasteiger partial charge in [-0.1, -0.05) is 60.7 Å². The van der Waals surface area contributed by atoms with Crippen LogP contribution in [-0.2, 0) is 34.2 Å². The predicted octanol–water partition coefficient (Wildman–Crippen LogP) is 4.42. The van der Waals surface area contributed by atoms with Gasteiger partial charge in [0.25, 0.3) is 0 Å². The molecule has 0 saturated heterocycles. The fraction of sp³-hybridized carbons (Fsp3) is 0.269. The van der Waals surface area contributed by atoms with Crippen LogP contribution in [0.2, 0.25) is 0 Å². The molecule has 1 aliphatic rings. The van der Waals surface area contributed by atoms with E-state index in [0.717, 1.165) is 22.4 Å². The largest absolute Gasteiger partial charge is 0.309 e. The lowest BCUT2D eigenvalue weighted by atomic mass is 10.1. The number of rotatable bonds is 7. The van der Waals surface area contributed by atoms with E-state index < -0.39 is 10.0 Å². The Morgan fingerprint density at radius 1 is 0.969 bits per heavy atom. The van der Waals surface area contributed by atoms with Crippen LogP contribution >= 0.6 is 0 Å². The summed E-state index contributed by atoms with van der Waals surface area (Å²) in [6, 6.07) is 24.7. The van der Waals surface area contributed by atoms with E-state index >= 15 is 0 Å². The Kier molecular flexibility index (Phi) is 6.44. The molecule has 1 aliphatic heterocycles. The fourth-order valence-electron chi connectivity index (χ4n) is 4.37.